The van der Waals surface area contributed by atoms with E-state index >= 15 is 0 Å². The third kappa shape index (κ3) is 6.23. The lowest BCUT2D eigenvalue weighted by Gasteiger charge is -2.10. The molecule has 0 saturated heterocycles. The van der Waals surface area contributed by atoms with Crippen LogP contribution in [-0.2, 0) is 4.79 Å². The molecule has 1 amide bonds. The molecular weight excluding hydrogens is 302 g/mol. The number of amides is 1. The quantitative estimate of drug-likeness (QED) is 0.586. The Morgan fingerprint density at radius 3 is 2.41 bits per heavy atom. The average Bonchev–Trinajstić information content (AvgIpc) is 2.27. The summed E-state index contributed by atoms with van der Waals surface area (Å²) in [5.74, 6) is -0.0430. The van der Waals surface area contributed by atoms with Crippen molar-refractivity contribution in [1.82, 2.24) is 10.6 Å². The molecule has 0 atom stereocenters. The van der Waals surface area contributed by atoms with Gasteiger partial charge in [-0.05, 0) is 36.5 Å². The number of anilines is 1. The minimum Gasteiger partial charge on any atom is -0.361 e. The molecule has 6 heteroatoms. The number of halogens is 1. The highest BCUT2D eigenvalue weighted by molar-refractivity contribution is 9.10. The monoisotopic (exact) mass is 315 g/mol. The van der Waals surface area contributed by atoms with E-state index in [0.29, 0.717) is 18.2 Å². The van der Waals surface area contributed by atoms with Gasteiger partial charge in [0.2, 0.25) is 5.91 Å². The Labute approximate surface area is 114 Å². The summed E-state index contributed by atoms with van der Waals surface area (Å²) in [5.41, 5.74) is 0.922. The maximum absolute atomic E-state index is 10.6. The number of hydrogen-bond acceptors (Lipinski definition) is 2. The van der Waals surface area contributed by atoms with E-state index in [1.54, 1.807) is 0 Å². The van der Waals surface area contributed by atoms with Crippen LogP contribution in [0.25, 0.3) is 0 Å². The molecule has 0 fully saturated rings. The summed E-state index contributed by atoms with van der Waals surface area (Å²) < 4.78 is 1.02. The Bertz CT molecular complexity index is 394. The van der Waals surface area contributed by atoms with Gasteiger partial charge in [0, 0.05) is 30.2 Å². The van der Waals surface area contributed by atoms with Crippen LogP contribution in [0.1, 0.15) is 6.92 Å². The van der Waals surface area contributed by atoms with Crippen LogP contribution in [-0.4, -0.2) is 24.1 Å². The van der Waals surface area contributed by atoms with Crippen molar-refractivity contribution >= 4 is 44.9 Å². The van der Waals surface area contributed by atoms with E-state index in [0.717, 1.165) is 10.2 Å². The maximum atomic E-state index is 10.6. The van der Waals surface area contributed by atoms with E-state index in [2.05, 4.69) is 31.9 Å². The van der Waals surface area contributed by atoms with E-state index in [4.69, 9.17) is 12.2 Å². The Hall–Kier alpha value is -1.14. The predicted molar refractivity (Wildman–Crippen MR) is 77.0 cm³/mol. The van der Waals surface area contributed by atoms with Crippen molar-refractivity contribution in [2.75, 3.05) is 18.4 Å². The number of rotatable bonds is 4. The molecule has 0 aliphatic carbocycles. The van der Waals surface area contributed by atoms with Crippen LogP contribution in [0.5, 0.6) is 0 Å². The third-order valence-corrected chi connectivity index (χ3v) is 2.66. The fraction of sp³-hybridized carbons (Fsp3) is 0.273. The van der Waals surface area contributed by atoms with Gasteiger partial charge in [-0.25, -0.2) is 0 Å². The van der Waals surface area contributed by atoms with E-state index in [1.165, 1.54) is 6.92 Å². The zero-order valence-electron chi connectivity index (χ0n) is 9.42. The van der Waals surface area contributed by atoms with Crippen LogP contribution in [0.2, 0.25) is 0 Å². The predicted octanol–water partition coefficient (Wildman–Crippen LogP) is 1.87. The third-order valence-electron chi connectivity index (χ3n) is 1.89. The van der Waals surface area contributed by atoms with Gasteiger partial charge in [0.15, 0.2) is 5.11 Å². The number of nitrogens with one attached hydrogen (secondary N) is 3. The summed E-state index contributed by atoms with van der Waals surface area (Å²) >= 11 is 8.46. The Kier molecular flexibility index (Phi) is 5.93. The molecule has 0 spiro atoms. The minimum atomic E-state index is -0.0430. The lowest BCUT2D eigenvalue weighted by atomic mass is 10.3. The molecule has 0 saturated carbocycles. The van der Waals surface area contributed by atoms with Crippen molar-refractivity contribution in [1.29, 1.82) is 0 Å². The van der Waals surface area contributed by atoms with Crippen molar-refractivity contribution in [3.05, 3.63) is 28.7 Å². The number of carbonyl (C=O) groups is 1. The topological polar surface area (TPSA) is 53.2 Å². The molecule has 1 aromatic rings. The molecule has 17 heavy (non-hydrogen) atoms. The second kappa shape index (κ2) is 7.24. The lowest BCUT2D eigenvalue weighted by Crippen LogP contribution is -2.35. The molecule has 1 rings (SSSR count). The summed E-state index contributed by atoms with van der Waals surface area (Å²) in [4.78, 5) is 10.6. The highest BCUT2D eigenvalue weighted by atomic mass is 79.9. The van der Waals surface area contributed by atoms with Gasteiger partial charge in [-0.2, -0.15) is 0 Å². The summed E-state index contributed by atoms with van der Waals surface area (Å²) in [6.45, 7) is 2.64. The van der Waals surface area contributed by atoms with Gasteiger partial charge < -0.3 is 16.0 Å². The van der Waals surface area contributed by atoms with Crippen LogP contribution in [0.15, 0.2) is 28.7 Å². The van der Waals surface area contributed by atoms with Gasteiger partial charge in [-0.3, -0.25) is 4.79 Å². The fourth-order valence-electron chi connectivity index (χ4n) is 1.12. The van der Waals surface area contributed by atoms with Gasteiger partial charge in [0.05, 0.1) is 0 Å². The summed E-state index contributed by atoms with van der Waals surface area (Å²) in [6.07, 6.45) is 0. The highest BCUT2D eigenvalue weighted by Gasteiger charge is 1.97. The van der Waals surface area contributed by atoms with Gasteiger partial charge in [0.1, 0.15) is 0 Å². The van der Waals surface area contributed by atoms with E-state index in [-0.39, 0.29) is 5.91 Å². The van der Waals surface area contributed by atoms with Gasteiger partial charge in [-0.15, -0.1) is 0 Å². The maximum Gasteiger partial charge on any atom is 0.216 e. The zero-order valence-corrected chi connectivity index (χ0v) is 11.8. The van der Waals surface area contributed by atoms with Crippen LogP contribution in [0.3, 0.4) is 0 Å². The van der Waals surface area contributed by atoms with E-state index in [9.17, 15) is 4.79 Å². The molecule has 92 valence electrons. The van der Waals surface area contributed by atoms with Gasteiger partial charge in [-0.1, -0.05) is 15.9 Å². The molecule has 4 nitrogen and oxygen atoms in total. The van der Waals surface area contributed by atoms with Crippen LogP contribution >= 0.6 is 28.1 Å². The molecule has 0 aliphatic heterocycles. The summed E-state index contributed by atoms with van der Waals surface area (Å²) in [5, 5.41) is 9.26. The molecule has 1 aromatic carbocycles. The second-order valence-electron chi connectivity index (χ2n) is 3.37. The van der Waals surface area contributed by atoms with Crippen LogP contribution in [0.4, 0.5) is 5.69 Å². The average molecular weight is 316 g/mol. The van der Waals surface area contributed by atoms with E-state index in [1.807, 2.05) is 24.3 Å². The number of hydrogen-bond donors (Lipinski definition) is 3. The smallest absolute Gasteiger partial charge is 0.216 e. The lowest BCUT2D eigenvalue weighted by molar-refractivity contribution is -0.118. The van der Waals surface area contributed by atoms with Crippen LogP contribution in [0, 0.1) is 0 Å². The molecule has 0 bridgehead atoms. The van der Waals surface area contributed by atoms with Crippen LogP contribution < -0.4 is 16.0 Å². The first-order valence-electron chi connectivity index (χ1n) is 5.13. The van der Waals surface area contributed by atoms with E-state index < -0.39 is 0 Å². The van der Waals surface area contributed by atoms with Crippen molar-refractivity contribution in [2.45, 2.75) is 6.92 Å². The zero-order chi connectivity index (χ0) is 12.7. The van der Waals surface area contributed by atoms with Gasteiger partial charge >= 0.3 is 0 Å². The van der Waals surface area contributed by atoms with Crippen molar-refractivity contribution in [2.24, 2.45) is 0 Å². The molecule has 3 N–H and O–H groups in total. The molecule has 0 aliphatic rings. The Morgan fingerprint density at radius 1 is 1.24 bits per heavy atom. The number of benzene rings is 1. The highest BCUT2D eigenvalue weighted by Crippen LogP contribution is 2.13. The first-order valence-corrected chi connectivity index (χ1v) is 6.33. The SMILES string of the molecule is CC(=O)NCCNC(=S)Nc1ccc(Br)cc1. The van der Waals surface area contributed by atoms with Crippen molar-refractivity contribution < 1.29 is 4.79 Å². The largest absolute Gasteiger partial charge is 0.361 e. The molecule has 0 aromatic heterocycles. The Morgan fingerprint density at radius 2 is 1.82 bits per heavy atom. The number of carbonyl (C=O) groups excluding carboxylic acids is 1. The van der Waals surface area contributed by atoms with Gasteiger partial charge in [0.25, 0.3) is 0 Å². The standard InChI is InChI=1S/C11H14BrN3OS/c1-8(16)13-6-7-14-11(17)15-10-4-2-9(12)3-5-10/h2-5H,6-7H2,1H3,(H,13,16)(H2,14,15,17). The Balaban J connectivity index is 2.25. The van der Waals surface area contributed by atoms with Crippen molar-refractivity contribution in [3.8, 4) is 0 Å². The summed E-state index contributed by atoms with van der Waals surface area (Å²) in [6, 6.07) is 7.71. The van der Waals surface area contributed by atoms with Crippen molar-refractivity contribution in [3.63, 3.8) is 0 Å². The molecule has 0 radical (unpaired) electrons. The second-order valence-corrected chi connectivity index (χ2v) is 4.69. The molecule has 0 heterocycles. The molecule has 0 unspecified atom stereocenters. The first kappa shape index (κ1) is 13.9. The normalized spacial score (nSPS) is 9.53. The molecular formula is C11H14BrN3OS. The first-order chi connectivity index (χ1) is 8.08. The number of thiocarbonyl (C=S) groups is 1. The summed E-state index contributed by atoms with van der Waals surface area (Å²) in [7, 11) is 0. The minimum absolute atomic E-state index is 0.0430. The fourth-order valence-corrected chi connectivity index (χ4v) is 1.61.